The van der Waals surface area contributed by atoms with Crippen LogP contribution in [0.15, 0.2) is 11.1 Å². The quantitative estimate of drug-likeness (QED) is 0.716. The second-order valence-corrected chi connectivity index (χ2v) is 6.40. The minimum atomic E-state index is -3.58. The number of rotatable bonds is 4. The molecule has 7 heteroatoms. The van der Waals surface area contributed by atoms with E-state index in [0.717, 1.165) is 12.8 Å². The number of hydrogen-bond acceptors (Lipinski definition) is 4. The summed E-state index contributed by atoms with van der Waals surface area (Å²) in [5, 5.41) is 6.02. The van der Waals surface area contributed by atoms with Crippen LogP contribution in [0.3, 0.4) is 0 Å². The molecule has 0 atom stereocenters. The molecule has 0 spiro atoms. The number of aromatic nitrogens is 2. The zero-order valence-corrected chi connectivity index (χ0v) is 10.1. The zero-order valence-electron chi connectivity index (χ0n) is 9.32. The molecule has 1 saturated carbocycles. The van der Waals surface area contributed by atoms with Crippen molar-refractivity contribution in [2.45, 2.75) is 37.1 Å². The SMILES string of the molecule is CC(C)(NS(=O)(=O)c1cn[nH]c1N)C1CC1. The summed E-state index contributed by atoms with van der Waals surface area (Å²) in [7, 11) is -3.58. The predicted octanol–water partition coefficient (Wildman–Crippen LogP) is 0.459. The van der Waals surface area contributed by atoms with Crippen molar-refractivity contribution in [3.8, 4) is 0 Å². The van der Waals surface area contributed by atoms with Crippen LogP contribution in [0.4, 0.5) is 5.82 Å². The van der Waals surface area contributed by atoms with E-state index in [2.05, 4.69) is 14.9 Å². The summed E-state index contributed by atoms with van der Waals surface area (Å²) in [6.07, 6.45) is 3.35. The third-order valence-corrected chi connectivity index (χ3v) is 4.62. The van der Waals surface area contributed by atoms with Crippen LogP contribution in [0.5, 0.6) is 0 Å². The summed E-state index contributed by atoms with van der Waals surface area (Å²) < 4.78 is 26.7. The van der Waals surface area contributed by atoms with Gasteiger partial charge in [0.05, 0.1) is 6.20 Å². The average molecular weight is 244 g/mol. The van der Waals surface area contributed by atoms with Crippen molar-refractivity contribution < 1.29 is 8.42 Å². The molecule has 0 saturated heterocycles. The monoisotopic (exact) mass is 244 g/mol. The van der Waals surface area contributed by atoms with Gasteiger partial charge in [0.2, 0.25) is 10.0 Å². The average Bonchev–Trinajstić information content (AvgIpc) is 2.88. The lowest BCUT2D eigenvalue weighted by atomic mass is 10.0. The third kappa shape index (κ3) is 2.05. The molecular weight excluding hydrogens is 228 g/mol. The molecule has 4 N–H and O–H groups in total. The first-order valence-electron chi connectivity index (χ1n) is 5.16. The van der Waals surface area contributed by atoms with E-state index in [1.165, 1.54) is 6.20 Å². The molecule has 1 aliphatic carbocycles. The van der Waals surface area contributed by atoms with E-state index < -0.39 is 15.6 Å². The van der Waals surface area contributed by atoms with Gasteiger partial charge in [0.1, 0.15) is 10.7 Å². The van der Waals surface area contributed by atoms with Crippen LogP contribution in [0, 0.1) is 5.92 Å². The van der Waals surface area contributed by atoms with Gasteiger partial charge in [-0.2, -0.15) is 5.10 Å². The second kappa shape index (κ2) is 3.46. The number of nitrogens with two attached hydrogens (primary N) is 1. The first-order valence-corrected chi connectivity index (χ1v) is 6.64. The zero-order chi connectivity index (χ0) is 12.0. The van der Waals surface area contributed by atoms with E-state index in [9.17, 15) is 8.42 Å². The fourth-order valence-corrected chi connectivity index (χ4v) is 3.28. The minimum absolute atomic E-state index is 0.0150. The standard InChI is InChI=1S/C9H16N4O2S/c1-9(2,6-3-4-6)13-16(14,15)7-5-11-12-8(7)10/h5-6,13H,3-4H2,1-2H3,(H3,10,11,12). The Labute approximate surface area is 94.7 Å². The Morgan fingerprint density at radius 2 is 2.19 bits per heavy atom. The molecule has 1 aromatic rings. The van der Waals surface area contributed by atoms with Gasteiger partial charge >= 0.3 is 0 Å². The van der Waals surface area contributed by atoms with Crippen LogP contribution in [-0.2, 0) is 10.0 Å². The van der Waals surface area contributed by atoms with Crippen LogP contribution < -0.4 is 10.5 Å². The number of nitrogens with one attached hydrogen (secondary N) is 2. The van der Waals surface area contributed by atoms with E-state index in [1.807, 2.05) is 13.8 Å². The number of anilines is 1. The highest BCUT2D eigenvalue weighted by atomic mass is 32.2. The Bertz CT molecular complexity index is 487. The van der Waals surface area contributed by atoms with Crippen LogP contribution in [-0.4, -0.2) is 24.2 Å². The van der Waals surface area contributed by atoms with E-state index >= 15 is 0 Å². The molecule has 6 nitrogen and oxygen atoms in total. The minimum Gasteiger partial charge on any atom is -0.383 e. The molecule has 16 heavy (non-hydrogen) atoms. The first-order chi connectivity index (χ1) is 7.33. The molecule has 0 unspecified atom stereocenters. The van der Waals surface area contributed by atoms with Gasteiger partial charge in [-0.1, -0.05) is 0 Å². The molecule has 1 aliphatic rings. The normalized spacial score (nSPS) is 17.6. The fourth-order valence-electron chi connectivity index (χ4n) is 1.79. The van der Waals surface area contributed by atoms with Crippen molar-refractivity contribution in [3.63, 3.8) is 0 Å². The molecule has 0 aromatic carbocycles. The van der Waals surface area contributed by atoms with Crippen molar-refractivity contribution in [1.29, 1.82) is 0 Å². The topological polar surface area (TPSA) is 101 Å². The van der Waals surface area contributed by atoms with Gasteiger partial charge in [0.15, 0.2) is 0 Å². The van der Waals surface area contributed by atoms with E-state index in [0.29, 0.717) is 5.92 Å². The molecule has 2 rings (SSSR count). The van der Waals surface area contributed by atoms with Crippen molar-refractivity contribution in [3.05, 3.63) is 6.20 Å². The molecule has 1 heterocycles. The highest BCUT2D eigenvalue weighted by Crippen LogP contribution is 2.40. The molecule has 0 bridgehead atoms. The maximum Gasteiger partial charge on any atom is 0.246 e. The fraction of sp³-hybridized carbons (Fsp3) is 0.667. The summed E-state index contributed by atoms with van der Waals surface area (Å²) in [5.41, 5.74) is 5.07. The predicted molar refractivity (Wildman–Crippen MR) is 60.1 cm³/mol. The number of nitrogens with zero attached hydrogens (tertiary/aromatic N) is 1. The van der Waals surface area contributed by atoms with Crippen molar-refractivity contribution in [2.24, 2.45) is 5.92 Å². The Morgan fingerprint density at radius 1 is 1.56 bits per heavy atom. The van der Waals surface area contributed by atoms with E-state index in [4.69, 9.17) is 5.73 Å². The van der Waals surface area contributed by atoms with Gasteiger partial charge in [-0.15, -0.1) is 0 Å². The van der Waals surface area contributed by atoms with Crippen molar-refractivity contribution in [2.75, 3.05) is 5.73 Å². The van der Waals surface area contributed by atoms with Crippen molar-refractivity contribution in [1.82, 2.24) is 14.9 Å². The van der Waals surface area contributed by atoms with Gasteiger partial charge < -0.3 is 5.73 Å². The number of sulfonamides is 1. The molecule has 0 radical (unpaired) electrons. The summed E-state index contributed by atoms with van der Waals surface area (Å²) in [5.74, 6) is 0.481. The number of H-pyrrole nitrogens is 1. The van der Waals surface area contributed by atoms with Gasteiger partial charge in [-0.3, -0.25) is 5.10 Å². The number of hydrogen-bond donors (Lipinski definition) is 3. The summed E-state index contributed by atoms with van der Waals surface area (Å²) in [6, 6.07) is 0. The lowest BCUT2D eigenvalue weighted by molar-refractivity contribution is 0.400. The lowest BCUT2D eigenvalue weighted by Gasteiger charge is -2.25. The maximum atomic E-state index is 12.0. The Hall–Kier alpha value is -1.08. The van der Waals surface area contributed by atoms with E-state index in [-0.39, 0.29) is 10.7 Å². The maximum absolute atomic E-state index is 12.0. The third-order valence-electron chi connectivity index (χ3n) is 2.92. The van der Waals surface area contributed by atoms with Crippen LogP contribution in [0.2, 0.25) is 0 Å². The van der Waals surface area contributed by atoms with E-state index in [1.54, 1.807) is 0 Å². The molecule has 1 aromatic heterocycles. The summed E-state index contributed by atoms with van der Waals surface area (Å²) in [4.78, 5) is 0.0150. The molecular formula is C9H16N4O2S. The number of nitrogen functional groups attached to an aromatic ring is 1. The van der Waals surface area contributed by atoms with Crippen molar-refractivity contribution >= 4 is 15.8 Å². The van der Waals surface area contributed by atoms with Gasteiger partial charge in [-0.25, -0.2) is 13.1 Å². The van der Waals surface area contributed by atoms with Crippen LogP contribution >= 0.6 is 0 Å². The first kappa shape index (κ1) is 11.4. The number of aromatic amines is 1. The second-order valence-electron chi connectivity index (χ2n) is 4.75. The lowest BCUT2D eigenvalue weighted by Crippen LogP contribution is -2.45. The largest absolute Gasteiger partial charge is 0.383 e. The Kier molecular flexibility index (Phi) is 2.47. The van der Waals surface area contributed by atoms with Gasteiger partial charge in [0, 0.05) is 5.54 Å². The Morgan fingerprint density at radius 3 is 2.62 bits per heavy atom. The Balaban J connectivity index is 2.24. The molecule has 0 amide bonds. The summed E-state index contributed by atoms with van der Waals surface area (Å²) >= 11 is 0. The molecule has 0 aliphatic heterocycles. The van der Waals surface area contributed by atoms with Crippen LogP contribution in [0.25, 0.3) is 0 Å². The highest BCUT2D eigenvalue weighted by Gasteiger charge is 2.41. The van der Waals surface area contributed by atoms with Gasteiger partial charge in [0.25, 0.3) is 0 Å². The highest BCUT2D eigenvalue weighted by molar-refractivity contribution is 7.89. The van der Waals surface area contributed by atoms with Gasteiger partial charge in [-0.05, 0) is 32.6 Å². The van der Waals surface area contributed by atoms with Crippen LogP contribution in [0.1, 0.15) is 26.7 Å². The molecule has 90 valence electrons. The summed E-state index contributed by atoms with van der Waals surface area (Å²) in [6.45, 7) is 3.77. The molecule has 1 fully saturated rings. The smallest absolute Gasteiger partial charge is 0.246 e.